The SMILES string of the molecule is CC(O)CCCC1CCC2=C(CCC3(C)C(O)CCC23)O1. The minimum Gasteiger partial charge on any atom is -0.495 e. The van der Waals surface area contributed by atoms with Gasteiger partial charge in [-0.2, -0.15) is 0 Å². The van der Waals surface area contributed by atoms with Crippen LogP contribution in [0.4, 0.5) is 0 Å². The van der Waals surface area contributed by atoms with Gasteiger partial charge in [-0.15, -0.1) is 0 Å². The van der Waals surface area contributed by atoms with E-state index >= 15 is 0 Å². The van der Waals surface area contributed by atoms with Crippen molar-refractivity contribution in [2.45, 2.75) is 89.9 Å². The van der Waals surface area contributed by atoms with E-state index in [1.165, 1.54) is 11.3 Å². The van der Waals surface area contributed by atoms with Crippen LogP contribution in [0, 0.1) is 11.3 Å². The van der Waals surface area contributed by atoms with Gasteiger partial charge in [-0.3, -0.25) is 0 Å². The van der Waals surface area contributed by atoms with Gasteiger partial charge in [-0.1, -0.05) is 6.92 Å². The molecule has 1 saturated carbocycles. The molecule has 1 aliphatic heterocycles. The number of rotatable bonds is 4. The monoisotopic (exact) mass is 294 g/mol. The fourth-order valence-corrected chi connectivity index (χ4v) is 4.74. The first-order valence-corrected chi connectivity index (χ1v) is 8.75. The first-order chi connectivity index (χ1) is 10.0. The lowest BCUT2D eigenvalue weighted by atomic mass is 9.66. The molecule has 0 saturated heterocycles. The summed E-state index contributed by atoms with van der Waals surface area (Å²) in [5.41, 5.74) is 1.62. The molecule has 1 heterocycles. The third kappa shape index (κ3) is 2.87. The lowest BCUT2D eigenvalue weighted by Gasteiger charge is -2.44. The fraction of sp³-hybridized carbons (Fsp3) is 0.889. The zero-order chi connectivity index (χ0) is 15.0. The van der Waals surface area contributed by atoms with E-state index in [1.54, 1.807) is 0 Å². The minimum absolute atomic E-state index is 0.0986. The number of aliphatic hydroxyl groups excluding tert-OH is 2. The molecule has 2 N–H and O–H groups in total. The Morgan fingerprint density at radius 2 is 2.10 bits per heavy atom. The molecular formula is C18H30O3. The first-order valence-electron chi connectivity index (χ1n) is 8.75. The van der Waals surface area contributed by atoms with Crippen molar-refractivity contribution in [2.24, 2.45) is 11.3 Å². The second-order valence-corrected chi connectivity index (χ2v) is 7.66. The average molecular weight is 294 g/mol. The van der Waals surface area contributed by atoms with Crippen molar-refractivity contribution in [3.05, 3.63) is 11.3 Å². The van der Waals surface area contributed by atoms with Crippen molar-refractivity contribution < 1.29 is 14.9 Å². The number of aliphatic hydroxyl groups is 2. The predicted molar refractivity (Wildman–Crippen MR) is 82.7 cm³/mol. The van der Waals surface area contributed by atoms with E-state index in [0.29, 0.717) is 12.0 Å². The van der Waals surface area contributed by atoms with E-state index in [4.69, 9.17) is 4.74 Å². The van der Waals surface area contributed by atoms with Crippen molar-refractivity contribution in [3.63, 3.8) is 0 Å². The molecule has 5 atom stereocenters. The number of allylic oxidation sites excluding steroid dienone is 2. The summed E-state index contributed by atoms with van der Waals surface area (Å²) < 4.78 is 6.28. The van der Waals surface area contributed by atoms with E-state index in [9.17, 15) is 10.2 Å². The first kappa shape index (κ1) is 15.4. The second-order valence-electron chi connectivity index (χ2n) is 7.66. The van der Waals surface area contributed by atoms with E-state index in [2.05, 4.69) is 6.92 Å². The van der Waals surface area contributed by atoms with Crippen LogP contribution in [0.1, 0.15) is 71.6 Å². The smallest absolute Gasteiger partial charge is 0.0985 e. The highest BCUT2D eigenvalue weighted by Gasteiger charge is 2.50. The molecule has 3 nitrogen and oxygen atoms in total. The van der Waals surface area contributed by atoms with Crippen molar-refractivity contribution in [3.8, 4) is 0 Å². The molecule has 5 unspecified atom stereocenters. The quantitative estimate of drug-likeness (QED) is 0.834. The van der Waals surface area contributed by atoms with Crippen LogP contribution in [0.2, 0.25) is 0 Å². The fourth-order valence-electron chi connectivity index (χ4n) is 4.74. The van der Waals surface area contributed by atoms with Gasteiger partial charge >= 0.3 is 0 Å². The number of ether oxygens (including phenoxy) is 1. The molecule has 21 heavy (non-hydrogen) atoms. The zero-order valence-corrected chi connectivity index (χ0v) is 13.5. The molecule has 3 rings (SSSR count). The Morgan fingerprint density at radius 3 is 2.86 bits per heavy atom. The third-order valence-corrected chi connectivity index (χ3v) is 6.15. The molecule has 0 bridgehead atoms. The van der Waals surface area contributed by atoms with Crippen LogP contribution in [-0.4, -0.2) is 28.5 Å². The van der Waals surface area contributed by atoms with Gasteiger partial charge < -0.3 is 14.9 Å². The van der Waals surface area contributed by atoms with E-state index in [0.717, 1.165) is 57.8 Å². The minimum atomic E-state index is -0.196. The maximum absolute atomic E-state index is 10.3. The Morgan fingerprint density at radius 1 is 1.29 bits per heavy atom. The molecule has 0 aromatic rings. The molecule has 0 radical (unpaired) electrons. The Balaban J connectivity index is 1.63. The van der Waals surface area contributed by atoms with Crippen LogP contribution in [0.15, 0.2) is 11.3 Å². The van der Waals surface area contributed by atoms with Gasteiger partial charge in [0.1, 0.15) is 0 Å². The summed E-state index contributed by atoms with van der Waals surface area (Å²) in [5.74, 6) is 1.80. The average Bonchev–Trinajstić information content (AvgIpc) is 2.75. The summed E-state index contributed by atoms with van der Waals surface area (Å²) in [6, 6.07) is 0. The van der Waals surface area contributed by atoms with Crippen molar-refractivity contribution >= 4 is 0 Å². The van der Waals surface area contributed by atoms with Gasteiger partial charge in [-0.05, 0) is 69.8 Å². The Hall–Kier alpha value is -0.540. The summed E-state index contributed by atoms with van der Waals surface area (Å²) in [5, 5.41) is 19.7. The van der Waals surface area contributed by atoms with Crippen LogP contribution >= 0.6 is 0 Å². The number of fused-ring (bicyclic) bond motifs is 2. The van der Waals surface area contributed by atoms with Gasteiger partial charge in [0.25, 0.3) is 0 Å². The summed E-state index contributed by atoms with van der Waals surface area (Å²) in [6.45, 7) is 4.13. The molecule has 3 heteroatoms. The molecule has 0 aromatic heterocycles. The maximum Gasteiger partial charge on any atom is 0.0985 e. The molecule has 120 valence electrons. The molecule has 0 amide bonds. The van der Waals surface area contributed by atoms with Crippen LogP contribution < -0.4 is 0 Å². The molecule has 2 aliphatic carbocycles. The predicted octanol–water partition coefficient (Wildman–Crippen LogP) is 3.54. The summed E-state index contributed by atoms with van der Waals surface area (Å²) in [6.07, 6.45) is 9.43. The van der Waals surface area contributed by atoms with Crippen molar-refractivity contribution in [2.75, 3.05) is 0 Å². The summed E-state index contributed by atoms with van der Waals surface area (Å²) >= 11 is 0. The van der Waals surface area contributed by atoms with Crippen LogP contribution in [-0.2, 0) is 4.74 Å². The number of hydrogen-bond donors (Lipinski definition) is 2. The lowest BCUT2D eigenvalue weighted by Crippen LogP contribution is -2.38. The van der Waals surface area contributed by atoms with Crippen molar-refractivity contribution in [1.82, 2.24) is 0 Å². The normalized spacial score (nSPS) is 40.5. The van der Waals surface area contributed by atoms with E-state index in [1.807, 2.05) is 6.92 Å². The highest BCUT2D eigenvalue weighted by Crippen LogP contribution is 2.56. The summed E-state index contributed by atoms with van der Waals surface area (Å²) in [7, 11) is 0. The standard InChI is InChI=1S/C18H30O3/c1-12(19)4-3-5-13-6-7-14-15-8-9-17(20)18(15,2)11-10-16(14)21-13/h12-13,15,17,19-20H,3-11H2,1-2H3. The van der Waals surface area contributed by atoms with E-state index in [-0.39, 0.29) is 17.6 Å². The Labute approximate surface area is 128 Å². The largest absolute Gasteiger partial charge is 0.495 e. The topological polar surface area (TPSA) is 49.7 Å². The lowest BCUT2D eigenvalue weighted by molar-refractivity contribution is 0.00382. The van der Waals surface area contributed by atoms with Crippen LogP contribution in [0.25, 0.3) is 0 Å². The molecule has 0 spiro atoms. The van der Waals surface area contributed by atoms with Crippen molar-refractivity contribution in [1.29, 1.82) is 0 Å². The molecule has 0 aromatic carbocycles. The highest BCUT2D eigenvalue weighted by atomic mass is 16.5. The second kappa shape index (κ2) is 5.92. The van der Waals surface area contributed by atoms with Gasteiger partial charge in [-0.25, -0.2) is 0 Å². The van der Waals surface area contributed by atoms with E-state index < -0.39 is 0 Å². The van der Waals surface area contributed by atoms with Gasteiger partial charge in [0.2, 0.25) is 0 Å². The zero-order valence-electron chi connectivity index (χ0n) is 13.5. The molecular weight excluding hydrogens is 264 g/mol. The Kier molecular flexibility index (Phi) is 4.33. The van der Waals surface area contributed by atoms with Gasteiger partial charge in [0, 0.05) is 11.8 Å². The van der Waals surface area contributed by atoms with Crippen LogP contribution in [0.3, 0.4) is 0 Å². The van der Waals surface area contributed by atoms with Gasteiger partial charge in [0.05, 0.1) is 24.1 Å². The molecule has 1 fully saturated rings. The Bertz CT molecular complexity index is 415. The highest BCUT2D eigenvalue weighted by molar-refractivity contribution is 5.25. The maximum atomic E-state index is 10.3. The summed E-state index contributed by atoms with van der Waals surface area (Å²) in [4.78, 5) is 0. The van der Waals surface area contributed by atoms with Crippen LogP contribution in [0.5, 0.6) is 0 Å². The van der Waals surface area contributed by atoms with Gasteiger partial charge in [0.15, 0.2) is 0 Å². The molecule has 3 aliphatic rings. The third-order valence-electron chi connectivity index (χ3n) is 6.15. The number of hydrogen-bond acceptors (Lipinski definition) is 3.